The van der Waals surface area contributed by atoms with Crippen molar-refractivity contribution >= 4 is 0 Å². The maximum atomic E-state index is 13.6. The van der Waals surface area contributed by atoms with Crippen LogP contribution in [0.2, 0.25) is 0 Å². The van der Waals surface area contributed by atoms with Crippen molar-refractivity contribution in [1.29, 1.82) is 0 Å². The van der Waals surface area contributed by atoms with Crippen LogP contribution in [0.25, 0.3) is 0 Å². The molecule has 0 bridgehead atoms. The molecule has 2 N–H and O–H groups in total. The van der Waals surface area contributed by atoms with Crippen LogP contribution >= 0.6 is 0 Å². The van der Waals surface area contributed by atoms with Gasteiger partial charge in [-0.3, -0.25) is 0 Å². The Bertz CT molecular complexity index is 366. The molecule has 0 amide bonds. The highest BCUT2D eigenvalue weighted by atomic mass is 19.1. The third kappa shape index (κ3) is 4.32. The van der Waals surface area contributed by atoms with Gasteiger partial charge in [0.15, 0.2) is 0 Å². The Morgan fingerprint density at radius 2 is 2.12 bits per heavy atom. The van der Waals surface area contributed by atoms with Crippen molar-refractivity contribution in [3.8, 4) is 5.75 Å². The summed E-state index contributed by atoms with van der Waals surface area (Å²) in [5.41, 5.74) is 0.405. The Morgan fingerprint density at radius 1 is 1.41 bits per heavy atom. The molecule has 1 aromatic rings. The van der Waals surface area contributed by atoms with Gasteiger partial charge in [-0.1, -0.05) is 19.9 Å². The summed E-state index contributed by atoms with van der Waals surface area (Å²) in [6, 6.07) is 4.80. The molecule has 1 rings (SSSR count). The molecule has 0 unspecified atom stereocenters. The Hall–Kier alpha value is -1.13. The SMILES string of the molecule is COc1ccc(CNCC(C)(C)CO)c(F)c1. The number of ether oxygens (including phenoxy) is 1. The Morgan fingerprint density at radius 3 is 2.65 bits per heavy atom. The number of nitrogens with one attached hydrogen (secondary N) is 1. The molecule has 0 atom stereocenters. The van der Waals surface area contributed by atoms with E-state index in [1.807, 2.05) is 13.8 Å². The number of rotatable bonds is 6. The lowest BCUT2D eigenvalue weighted by Crippen LogP contribution is -2.32. The molecule has 0 aromatic heterocycles. The van der Waals surface area contributed by atoms with Gasteiger partial charge in [0.2, 0.25) is 0 Å². The van der Waals surface area contributed by atoms with Gasteiger partial charge >= 0.3 is 0 Å². The minimum atomic E-state index is -0.279. The molecule has 0 spiro atoms. The van der Waals surface area contributed by atoms with Crippen molar-refractivity contribution in [1.82, 2.24) is 5.32 Å². The van der Waals surface area contributed by atoms with E-state index in [1.54, 1.807) is 12.1 Å². The average Bonchev–Trinajstić information content (AvgIpc) is 2.31. The molecule has 4 heteroatoms. The van der Waals surface area contributed by atoms with E-state index in [-0.39, 0.29) is 17.8 Å². The zero-order valence-corrected chi connectivity index (χ0v) is 10.6. The second-order valence-corrected chi connectivity index (χ2v) is 4.88. The van der Waals surface area contributed by atoms with Gasteiger partial charge in [0.25, 0.3) is 0 Å². The van der Waals surface area contributed by atoms with E-state index in [4.69, 9.17) is 9.84 Å². The first kappa shape index (κ1) is 13.9. The minimum Gasteiger partial charge on any atom is -0.497 e. The first-order chi connectivity index (χ1) is 7.98. The molecule has 0 aliphatic carbocycles. The number of aliphatic hydroxyl groups excluding tert-OH is 1. The molecule has 0 saturated carbocycles. The lowest BCUT2D eigenvalue weighted by molar-refractivity contribution is 0.156. The summed E-state index contributed by atoms with van der Waals surface area (Å²) < 4.78 is 18.5. The third-order valence-electron chi connectivity index (χ3n) is 2.61. The van der Waals surface area contributed by atoms with Gasteiger partial charge in [-0.2, -0.15) is 0 Å². The van der Waals surface area contributed by atoms with Crippen LogP contribution in [-0.2, 0) is 6.54 Å². The molecule has 96 valence electrons. The molecule has 0 aliphatic rings. The van der Waals surface area contributed by atoms with Crippen molar-refractivity contribution in [3.63, 3.8) is 0 Å². The van der Waals surface area contributed by atoms with Crippen LogP contribution in [-0.4, -0.2) is 25.4 Å². The minimum absolute atomic E-state index is 0.102. The summed E-state index contributed by atoms with van der Waals surface area (Å²) in [5.74, 6) is 0.237. The van der Waals surface area contributed by atoms with Gasteiger partial charge in [-0.25, -0.2) is 4.39 Å². The van der Waals surface area contributed by atoms with Crippen LogP contribution in [0.15, 0.2) is 18.2 Å². The molecule has 3 nitrogen and oxygen atoms in total. The Labute approximate surface area is 102 Å². The van der Waals surface area contributed by atoms with Gasteiger partial charge in [-0.15, -0.1) is 0 Å². The maximum absolute atomic E-state index is 13.6. The topological polar surface area (TPSA) is 41.5 Å². The third-order valence-corrected chi connectivity index (χ3v) is 2.61. The molecule has 0 fully saturated rings. The van der Waals surface area contributed by atoms with E-state index in [2.05, 4.69) is 5.32 Å². The number of methoxy groups -OCH3 is 1. The van der Waals surface area contributed by atoms with Crippen molar-refractivity contribution in [2.75, 3.05) is 20.3 Å². The lowest BCUT2D eigenvalue weighted by atomic mass is 9.95. The zero-order valence-electron chi connectivity index (χ0n) is 10.6. The van der Waals surface area contributed by atoms with Crippen LogP contribution in [0.3, 0.4) is 0 Å². The summed E-state index contributed by atoms with van der Waals surface area (Å²) in [4.78, 5) is 0. The number of hydrogen-bond acceptors (Lipinski definition) is 3. The summed E-state index contributed by atoms with van der Waals surface area (Å²) in [6.45, 7) is 5.08. The first-order valence-corrected chi connectivity index (χ1v) is 5.62. The fourth-order valence-electron chi connectivity index (χ4n) is 1.39. The summed E-state index contributed by atoms with van der Waals surface area (Å²) in [6.07, 6.45) is 0. The molecule has 0 saturated heterocycles. The van der Waals surface area contributed by atoms with Crippen LogP contribution in [0.1, 0.15) is 19.4 Å². The first-order valence-electron chi connectivity index (χ1n) is 5.62. The molecule has 0 radical (unpaired) electrons. The van der Waals surface area contributed by atoms with Crippen molar-refractivity contribution in [3.05, 3.63) is 29.6 Å². The summed E-state index contributed by atoms with van der Waals surface area (Å²) in [5, 5.41) is 12.2. The van der Waals surface area contributed by atoms with Crippen LogP contribution in [0, 0.1) is 11.2 Å². The van der Waals surface area contributed by atoms with Gasteiger partial charge in [0.1, 0.15) is 11.6 Å². The van der Waals surface area contributed by atoms with E-state index in [9.17, 15) is 4.39 Å². The smallest absolute Gasteiger partial charge is 0.131 e. The van der Waals surface area contributed by atoms with Crippen molar-refractivity contribution in [2.24, 2.45) is 5.41 Å². The summed E-state index contributed by atoms with van der Waals surface area (Å²) in [7, 11) is 1.51. The van der Waals surface area contributed by atoms with Crippen LogP contribution in [0.4, 0.5) is 4.39 Å². The zero-order chi connectivity index (χ0) is 12.9. The molecular formula is C13H20FNO2. The van der Waals surface area contributed by atoms with Gasteiger partial charge in [0, 0.05) is 36.7 Å². The van der Waals surface area contributed by atoms with E-state index in [0.717, 1.165) is 0 Å². The second kappa shape index (κ2) is 5.98. The monoisotopic (exact) mass is 241 g/mol. The second-order valence-electron chi connectivity index (χ2n) is 4.88. The molecule has 0 aliphatic heterocycles. The largest absolute Gasteiger partial charge is 0.497 e. The standard InChI is InChI=1S/C13H20FNO2/c1-13(2,9-16)8-15-7-10-4-5-11(17-3)6-12(10)14/h4-6,15-16H,7-9H2,1-3H3. The predicted molar refractivity (Wildman–Crippen MR) is 65.5 cm³/mol. The number of halogens is 1. The van der Waals surface area contributed by atoms with Crippen LogP contribution < -0.4 is 10.1 Å². The fraction of sp³-hybridized carbons (Fsp3) is 0.538. The van der Waals surface area contributed by atoms with Gasteiger partial charge < -0.3 is 15.2 Å². The molecule has 1 aromatic carbocycles. The number of hydrogen-bond donors (Lipinski definition) is 2. The average molecular weight is 241 g/mol. The maximum Gasteiger partial charge on any atom is 0.131 e. The normalized spacial score (nSPS) is 11.6. The highest BCUT2D eigenvalue weighted by Crippen LogP contribution is 2.17. The van der Waals surface area contributed by atoms with Crippen molar-refractivity contribution in [2.45, 2.75) is 20.4 Å². The fourth-order valence-corrected chi connectivity index (χ4v) is 1.39. The quantitative estimate of drug-likeness (QED) is 0.799. The molecular weight excluding hydrogens is 221 g/mol. The van der Waals surface area contributed by atoms with E-state index >= 15 is 0 Å². The highest BCUT2D eigenvalue weighted by molar-refractivity contribution is 5.28. The molecule has 17 heavy (non-hydrogen) atoms. The van der Waals surface area contributed by atoms with E-state index < -0.39 is 0 Å². The van der Waals surface area contributed by atoms with Gasteiger partial charge in [0.05, 0.1) is 7.11 Å². The Balaban J connectivity index is 2.52. The van der Waals surface area contributed by atoms with Crippen molar-refractivity contribution < 1.29 is 14.2 Å². The number of aliphatic hydroxyl groups is 1. The highest BCUT2D eigenvalue weighted by Gasteiger charge is 2.15. The summed E-state index contributed by atoms with van der Waals surface area (Å²) >= 11 is 0. The van der Waals surface area contributed by atoms with Crippen LogP contribution in [0.5, 0.6) is 5.75 Å². The van der Waals surface area contributed by atoms with E-state index in [1.165, 1.54) is 13.2 Å². The van der Waals surface area contributed by atoms with E-state index in [0.29, 0.717) is 24.4 Å². The lowest BCUT2D eigenvalue weighted by Gasteiger charge is -2.22. The number of benzene rings is 1. The van der Waals surface area contributed by atoms with Gasteiger partial charge in [-0.05, 0) is 6.07 Å². The Kier molecular flexibility index (Phi) is 4.90. The predicted octanol–water partition coefficient (Wildman–Crippen LogP) is 1.94. The molecule has 0 heterocycles.